The van der Waals surface area contributed by atoms with Crippen LogP contribution in [0.4, 0.5) is 0 Å². The molecular weight excluding hydrogens is 344 g/mol. The smallest absolute Gasteiger partial charge is 0.266 e. The van der Waals surface area contributed by atoms with Gasteiger partial charge in [-0.15, -0.1) is 0 Å². The molecule has 1 aliphatic heterocycles. The molecule has 1 aromatic carbocycles. The van der Waals surface area contributed by atoms with Crippen LogP contribution in [0.2, 0.25) is 5.02 Å². The summed E-state index contributed by atoms with van der Waals surface area (Å²) >= 11 is 7.71. The summed E-state index contributed by atoms with van der Waals surface area (Å²) in [6.45, 7) is 9.26. The van der Waals surface area contributed by atoms with Crippen molar-refractivity contribution >= 4 is 40.5 Å². The third-order valence-electron chi connectivity index (χ3n) is 3.65. The number of benzene rings is 1. The van der Waals surface area contributed by atoms with Gasteiger partial charge in [-0.05, 0) is 62.7 Å². The minimum Gasteiger partial charge on any atom is -0.489 e. The van der Waals surface area contributed by atoms with E-state index in [1.165, 1.54) is 11.8 Å². The van der Waals surface area contributed by atoms with E-state index in [4.69, 9.17) is 16.3 Å². The number of halogens is 1. The maximum Gasteiger partial charge on any atom is 0.266 e. The van der Waals surface area contributed by atoms with Crippen LogP contribution >= 0.6 is 23.4 Å². The number of likely N-dealkylation sites (N-methyl/N-ethyl adjacent to an activating group) is 1. The zero-order valence-corrected chi connectivity index (χ0v) is 16.1. The van der Waals surface area contributed by atoms with Crippen molar-refractivity contribution in [2.24, 2.45) is 4.99 Å². The van der Waals surface area contributed by atoms with Crippen LogP contribution in [0.1, 0.15) is 39.7 Å². The van der Waals surface area contributed by atoms with Gasteiger partial charge in [-0.1, -0.05) is 24.6 Å². The molecular formula is C18H23ClN2O2S. The maximum absolute atomic E-state index is 12.5. The molecule has 2 rings (SSSR count). The van der Waals surface area contributed by atoms with Crippen molar-refractivity contribution < 1.29 is 9.53 Å². The summed E-state index contributed by atoms with van der Waals surface area (Å²) in [6, 6.07) is 5.59. The molecule has 1 fully saturated rings. The number of hydrogen-bond acceptors (Lipinski definition) is 4. The van der Waals surface area contributed by atoms with E-state index < -0.39 is 0 Å². The molecule has 0 aliphatic carbocycles. The number of carbonyl (C=O) groups excluding carboxylic acids is 1. The van der Waals surface area contributed by atoms with E-state index in [0.717, 1.165) is 17.2 Å². The van der Waals surface area contributed by atoms with Gasteiger partial charge < -0.3 is 4.74 Å². The Morgan fingerprint density at radius 1 is 1.38 bits per heavy atom. The number of aliphatic imine (C=N–C) groups is 1. The molecule has 0 N–H and O–H groups in total. The Kier molecular flexibility index (Phi) is 6.75. The summed E-state index contributed by atoms with van der Waals surface area (Å²) in [4.78, 5) is 19.2. The van der Waals surface area contributed by atoms with Crippen molar-refractivity contribution in [3.8, 4) is 5.75 Å². The van der Waals surface area contributed by atoms with Crippen molar-refractivity contribution in [2.45, 2.75) is 40.2 Å². The second kappa shape index (κ2) is 8.58. The number of amides is 1. The van der Waals surface area contributed by atoms with Crippen LogP contribution in [0.5, 0.6) is 5.75 Å². The summed E-state index contributed by atoms with van der Waals surface area (Å²) < 4.78 is 5.77. The first kappa shape index (κ1) is 18.9. The van der Waals surface area contributed by atoms with E-state index in [-0.39, 0.29) is 12.0 Å². The Hall–Kier alpha value is -1.46. The lowest BCUT2D eigenvalue weighted by Gasteiger charge is -2.14. The van der Waals surface area contributed by atoms with Gasteiger partial charge in [-0.2, -0.15) is 0 Å². The number of carbonyl (C=O) groups is 1. The van der Waals surface area contributed by atoms with Crippen LogP contribution in [-0.4, -0.2) is 35.2 Å². The maximum atomic E-state index is 12.5. The highest BCUT2D eigenvalue weighted by Crippen LogP contribution is 2.34. The molecule has 1 aliphatic rings. The molecule has 1 heterocycles. The number of rotatable bonds is 6. The number of thioether (sulfide) groups is 1. The lowest BCUT2D eigenvalue weighted by molar-refractivity contribution is -0.122. The molecule has 4 nitrogen and oxygen atoms in total. The Balaban J connectivity index is 2.24. The molecule has 0 radical (unpaired) electrons. The Bertz CT molecular complexity index is 673. The van der Waals surface area contributed by atoms with Gasteiger partial charge in [0.15, 0.2) is 5.17 Å². The predicted molar refractivity (Wildman–Crippen MR) is 103 cm³/mol. The van der Waals surface area contributed by atoms with Crippen LogP contribution in [0.3, 0.4) is 0 Å². The van der Waals surface area contributed by atoms with E-state index in [9.17, 15) is 4.79 Å². The van der Waals surface area contributed by atoms with Gasteiger partial charge in [0.25, 0.3) is 5.91 Å². The van der Waals surface area contributed by atoms with E-state index in [0.29, 0.717) is 28.8 Å². The lowest BCUT2D eigenvalue weighted by Crippen LogP contribution is -2.28. The summed E-state index contributed by atoms with van der Waals surface area (Å²) in [5.74, 6) is 0.660. The first-order valence-corrected chi connectivity index (χ1v) is 9.41. The normalized spacial score (nSPS) is 19.4. The van der Waals surface area contributed by atoms with Crippen LogP contribution in [0, 0.1) is 0 Å². The molecule has 0 aromatic heterocycles. The van der Waals surface area contributed by atoms with E-state index >= 15 is 0 Å². The largest absolute Gasteiger partial charge is 0.489 e. The summed E-state index contributed by atoms with van der Waals surface area (Å²) in [5.41, 5.74) is 0.876. The van der Waals surface area contributed by atoms with Crippen molar-refractivity contribution in [1.29, 1.82) is 0 Å². The van der Waals surface area contributed by atoms with E-state index in [1.54, 1.807) is 4.90 Å². The fourth-order valence-electron chi connectivity index (χ4n) is 2.19. The number of hydrogen-bond donors (Lipinski definition) is 0. The van der Waals surface area contributed by atoms with Gasteiger partial charge in [0.05, 0.1) is 16.0 Å². The van der Waals surface area contributed by atoms with Gasteiger partial charge in [0.1, 0.15) is 5.75 Å². The van der Waals surface area contributed by atoms with E-state index in [2.05, 4.69) is 11.9 Å². The Labute approximate surface area is 152 Å². The number of nitrogens with zero attached hydrogens (tertiary/aromatic N) is 2. The molecule has 1 aromatic rings. The Morgan fingerprint density at radius 2 is 2.12 bits per heavy atom. The molecule has 0 saturated carbocycles. The lowest BCUT2D eigenvalue weighted by atomic mass is 10.2. The van der Waals surface area contributed by atoms with Gasteiger partial charge in [0.2, 0.25) is 0 Å². The number of ether oxygens (including phenoxy) is 1. The van der Waals surface area contributed by atoms with Crippen molar-refractivity contribution in [2.75, 3.05) is 13.1 Å². The quantitative estimate of drug-likeness (QED) is 0.677. The second-order valence-corrected chi connectivity index (χ2v) is 6.86. The highest BCUT2D eigenvalue weighted by molar-refractivity contribution is 8.18. The van der Waals surface area contributed by atoms with Crippen LogP contribution < -0.4 is 4.74 Å². The van der Waals surface area contributed by atoms with Gasteiger partial charge in [0, 0.05) is 13.1 Å². The monoisotopic (exact) mass is 366 g/mol. The van der Waals surface area contributed by atoms with Gasteiger partial charge >= 0.3 is 0 Å². The molecule has 0 unspecified atom stereocenters. The first-order chi connectivity index (χ1) is 11.5. The molecule has 0 bridgehead atoms. The average molecular weight is 367 g/mol. The highest BCUT2D eigenvalue weighted by Gasteiger charge is 2.31. The fraction of sp³-hybridized carbons (Fsp3) is 0.444. The summed E-state index contributed by atoms with van der Waals surface area (Å²) in [6.07, 6.45) is 2.89. The summed E-state index contributed by atoms with van der Waals surface area (Å²) in [7, 11) is 0. The topological polar surface area (TPSA) is 41.9 Å². The van der Waals surface area contributed by atoms with Crippen molar-refractivity contribution in [3.63, 3.8) is 0 Å². The number of amidine groups is 1. The van der Waals surface area contributed by atoms with Crippen LogP contribution in [-0.2, 0) is 4.79 Å². The minimum absolute atomic E-state index is 0.00856. The van der Waals surface area contributed by atoms with Crippen LogP contribution in [0.25, 0.3) is 6.08 Å². The van der Waals surface area contributed by atoms with Crippen molar-refractivity contribution in [1.82, 2.24) is 4.90 Å². The molecule has 1 amide bonds. The molecule has 6 heteroatoms. The minimum atomic E-state index is -0.00856. The molecule has 1 atom stereocenters. The highest BCUT2D eigenvalue weighted by atomic mass is 35.5. The zero-order valence-electron chi connectivity index (χ0n) is 14.5. The third-order valence-corrected chi connectivity index (χ3v) is 4.99. The second-order valence-electron chi connectivity index (χ2n) is 5.44. The standard InChI is InChI=1S/C18H23ClN2O2S/c1-5-12(4)23-15-9-8-13(10-14(15)19)11-16-17(22)21(7-3)18(24-16)20-6-2/h8-12H,5-7H2,1-4H3/b16-11+,20-18?/t12-/m1/s1. The molecule has 24 heavy (non-hydrogen) atoms. The summed E-state index contributed by atoms with van der Waals surface area (Å²) in [5, 5.41) is 1.31. The third kappa shape index (κ3) is 4.33. The van der Waals surface area contributed by atoms with Gasteiger partial charge in [-0.25, -0.2) is 0 Å². The average Bonchev–Trinajstić information content (AvgIpc) is 2.85. The predicted octanol–water partition coefficient (Wildman–Crippen LogP) is 4.83. The zero-order chi connectivity index (χ0) is 17.7. The SMILES string of the molecule is CCN=C1S/C(=C/c2ccc(O[C@H](C)CC)c(Cl)c2)C(=O)N1CC. The molecule has 1 saturated heterocycles. The fourth-order valence-corrected chi connectivity index (χ4v) is 3.53. The van der Waals surface area contributed by atoms with Crippen LogP contribution in [0.15, 0.2) is 28.1 Å². The van der Waals surface area contributed by atoms with Gasteiger partial charge in [-0.3, -0.25) is 14.7 Å². The van der Waals surface area contributed by atoms with E-state index in [1.807, 2.05) is 45.0 Å². The Morgan fingerprint density at radius 3 is 2.71 bits per heavy atom. The molecule has 130 valence electrons. The first-order valence-electron chi connectivity index (χ1n) is 8.22. The molecule has 0 spiro atoms. The van der Waals surface area contributed by atoms with Crippen molar-refractivity contribution in [3.05, 3.63) is 33.7 Å².